The molecule has 0 unspecified atom stereocenters. The third kappa shape index (κ3) is 4.34. The maximum Gasteiger partial charge on any atom is 0.305 e. The Hall–Kier alpha value is -3.15. The Morgan fingerprint density at radius 1 is 1.15 bits per heavy atom. The summed E-state index contributed by atoms with van der Waals surface area (Å²) in [6.07, 6.45) is 0.850. The molecule has 0 aliphatic heterocycles. The molecule has 0 spiro atoms. The Balaban J connectivity index is 1.70. The summed E-state index contributed by atoms with van der Waals surface area (Å²) < 4.78 is 6.94. The number of para-hydroxylation sites is 1. The van der Waals surface area contributed by atoms with Gasteiger partial charge in [-0.1, -0.05) is 18.2 Å². The molecular formula is C21H23N3O3. The maximum absolute atomic E-state index is 12.4. The average molecular weight is 365 g/mol. The van der Waals surface area contributed by atoms with Crippen molar-refractivity contribution in [2.75, 3.05) is 13.2 Å². The smallest absolute Gasteiger partial charge is 0.305 e. The van der Waals surface area contributed by atoms with Gasteiger partial charge in [-0.2, -0.15) is 0 Å². The van der Waals surface area contributed by atoms with Crippen LogP contribution in [-0.4, -0.2) is 34.6 Å². The number of hydrogen-bond acceptors (Lipinski definition) is 4. The van der Waals surface area contributed by atoms with E-state index in [9.17, 15) is 9.59 Å². The zero-order chi connectivity index (χ0) is 19.2. The first kappa shape index (κ1) is 18.6. The molecule has 1 amide bonds. The van der Waals surface area contributed by atoms with Gasteiger partial charge in [-0.15, -0.1) is 0 Å². The Kier molecular flexibility index (Phi) is 5.86. The van der Waals surface area contributed by atoms with Crippen LogP contribution in [0, 0.1) is 6.92 Å². The van der Waals surface area contributed by atoms with Crippen molar-refractivity contribution in [3.05, 3.63) is 59.9 Å². The lowest BCUT2D eigenvalue weighted by Crippen LogP contribution is -2.25. The summed E-state index contributed by atoms with van der Waals surface area (Å²) in [5.41, 5.74) is 3.32. The van der Waals surface area contributed by atoms with Crippen molar-refractivity contribution in [3.8, 4) is 5.69 Å². The van der Waals surface area contributed by atoms with E-state index in [4.69, 9.17) is 4.74 Å². The number of aromatic nitrogens is 2. The van der Waals surface area contributed by atoms with Crippen molar-refractivity contribution >= 4 is 22.9 Å². The molecule has 140 valence electrons. The summed E-state index contributed by atoms with van der Waals surface area (Å²) in [4.78, 5) is 28.3. The largest absolute Gasteiger partial charge is 0.466 e. The molecule has 2 aromatic carbocycles. The number of rotatable bonds is 7. The van der Waals surface area contributed by atoms with Crippen LogP contribution in [0.15, 0.2) is 48.5 Å². The zero-order valence-corrected chi connectivity index (χ0v) is 15.6. The van der Waals surface area contributed by atoms with E-state index in [0.717, 1.165) is 22.5 Å². The molecule has 3 aromatic rings. The van der Waals surface area contributed by atoms with E-state index >= 15 is 0 Å². The number of fused-ring (bicyclic) bond motifs is 1. The van der Waals surface area contributed by atoms with E-state index in [1.807, 2.05) is 43.3 Å². The van der Waals surface area contributed by atoms with Gasteiger partial charge < -0.3 is 10.1 Å². The lowest BCUT2D eigenvalue weighted by atomic mass is 10.1. The number of nitrogens with one attached hydrogen (secondary N) is 1. The van der Waals surface area contributed by atoms with Crippen molar-refractivity contribution in [2.45, 2.75) is 26.7 Å². The van der Waals surface area contributed by atoms with E-state index in [1.165, 1.54) is 0 Å². The van der Waals surface area contributed by atoms with E-state index in [0.29, 0.717) is 31.6 Å². The van der Waals surface area contributed by atoms with E-state index < -0.39 is 0 Å². The van der Waals surface area contributed by atoms with Crippen LogP contribution >= 0.6 is 0 Å². The molecule has 27 heavy (non-hydrogen) atoms. The van der Waals surface area contributed by atoms with Gasteiger partial charge in [-0.25, -0.2) is 4.98 Å². The fourth-order valence-electron chi connectivity index (χ4n) is 3.01. The molecule has 6 nitrogen and oxygen atoms in total. The van der Waals surface area contributed by atoms with Crippen LogP contribution in [-0.2, 0) is 9.53 Å². The predicted octanol–water partition coefficient (Wildman–Crippen LogP) is 3.41. The molecule has 0 bridgehead atoms. The Bertz CT molecular complexity index is 948. The second-order valence-electron chi connectivity index (χ2n) is 6.20. The van der Waals surface area contributed by atoms with Crippen molar-refractivity contribution in [1.29, 1.82) is 0 Å². The number of hydrogen-bond donors (Lipinski definition) is 1. The Morgan fingerprint density at radius 2 is 1.93 bits per heavy atom. The first-order chi connectivity index (χ1) is 13.1. The number of carbonyl (C=O) groups is 2. The van der Waals surface area contributed by atoms with Crippen LogP contribution in [0.2, 0.25) is 0 Å². The van der Waals surface area contributed by atoms with Gasteiger partial charge in [0, 0.05) is 24.2 Å². The quantitative estimate of drug-likeness (QED) is 0.514. The summed E-state index contributed by atoms with van der Waals surface area (Å²) in [5, 5.41) is 2.83. The van der Waals surface area contributed by atoms with Crippen LogP contribution in [0.4, 0.5) is 0 Å². The number of imidazole rings is 1. The monoisotopic (exact) mass is 365 g/mol. The predicted molar refractivity (Wildman–Crippen MR) is 104 cm³/mol. The number of aryl methyl sites for hydroxylation is 1. The second-order valence-corrected chi connectivity index (χ2v) is 6.20. The van der Waals surface area contributed by atoms with Gasteiger partial charge in [0.25, 0.3) is 5.91 Å². The van der Waals surface area contributed by atoms with Gasteiger partial charge >= 0.3 is 5.97 Å². The lowest BCUT2D eigenvalue weighted by Gasteiger charge is -2.07. The average Bonchev–Trinajstić information content (AvgIpc) is 3.00. The third-order valence-electron chi connectivity index (χ3n) is 4.25. The van der Waals surface area contributed by atoms with Crippen molar-refractivity contribution < 1.29 is 14.3 Å². The minimum Gasteiger partial charge on any atom is -0.466 e. The van der Waals surface area contributed by atoms with Crippen molar-refractivity contribution in [2.24, 2.45) is 0 Å². The van der Waals surface area contributed by atoms with Gasteiger partial charge in [0.2, 0.25) is 0 Å². The van der Waals surface area contributed by atoms with Gasteiger partial charge in [-0.3, -0.25) is 14.2 Å². The summed E-state index contributed by atoms with van der Waals surface area (Å²) in [6, 6.07) is 15.5. The molecule has 1 N–H and O–H groups in total. The third-order valence-corrected chi connectivity index (χ3v) is 4.25. The molecule has 0 atom stereocenters. The molecule has 0 fully saturated rings. The zero-order valence-electron chi connectivity index (χ0n) is 15.6. The highest BCUT2D eigenvalue weighted by atomic mass is 16.5. The van der Waals surface area contributed by atoms with Gasteiger partial charge in [0.1, 0.15) is 5.82 Å². The highest BCUT2D eigenvalue weighted by Crippen LogP contribution is 2.22. The molecule has 6 heteroatoms. The number of esters is 1. The molecule has 0 saturated carbocycles. The van der Waals surface area contributed by atoms with Gasteiger partial charge in [0.05, 0.1) is 17.6 Å². The number of amides is 1. The van der Waals surface area contributed by atoms with Crippen molar-refractivity contribution in [3.63, 3.8) is 0 Å². The fraction of sp³-hybridized carbons (Fsp3) is 0.286. The minimum absolute atomic E-state index is 0.173. The van der Waals surface area contributed by atoms with Crippen LogP contribution in [0.3, 0.4) is 0 Å². The molecule has 0 radical (unpaired) electrons. The number of carbonyl (C=O) groups excluding carboxylic acids is 2. The molecule has 1 heterocycles. The lowest BCUT2D eigenvalue weighted by molar-refractivity contribution is -0.143. The Morgan fingerprint density at radius 3 is 2.67 bits per heavy atom. The highest BCUT2D eigenvalue weighted by Gasteiger charge is 2.12. The van der Waals surface area contributed by atoms with Crippen LogP contribution in [0.1, 0.15) is 35.9 Å². The van der Waals surface area contributed by atoms with E-state index in [1.54, 1.807) is 19.1 Å². The van der Waals surface area contributed by atoms with Crippen LogP contribution < -0.4 is 5.32 Å². The molecule has 3 rings (SSSR count). The topological polar surface area (TPSA) is 73.2 Å². The van der Waals surface area contributed by atoms with E-state index in [-0.39, 0.29) is 11.9 Å². The molecule has 0 aliphatic carbocycles. The highest BCUT2D eigenvalue weighted by molar-refractivity contribution is 5.97. The minimum atomic E-state index is -0.241. The normalized spacial score (nSPS) is 10.7. The van der Waals surface area contributed by atoms with Crippen LogP contribution in [0.25, 0.3) is 16.7 Å². The summed E-state index contributed by atoms with van der Waals surface area (Å²) in [7, 11) is 0. The standard InChI is InChI=1S/C21H23N3O3/c1-3-27-20(25)10-7-13-22-21(26)16-11-12-19-18(14-16)23-15(2)24(19)17-8-5-4-6-9-17/h4-6,8-9,11-12,14H,3,7,10,13H2,1-2H3,(H,22,26). The fourth-order valence-corrected chi connectivity index (χ4v) is 3.01. The summed E-state index contributed by atoms with van der Waals surface area (Å²) >= 11 is 0. The maximum atomic E-state index is 12.4. The molecule has 0 aliphatic rings. The second kappa shape index (κ2) is 8.49. The first-order valence-corrected chi connectivity index (χ1v) is 9.08. The number of benzene rings is 2. The number of nitrogens with zero attached hydrogens (tertiary/aromatic N) is 2. The molecule has 0 saturated heterocycles. The molecular weight excluding hydrogens is 342 g/mol. The molecule has 1 aromatic heterocycles. The van der Waals surface area contributed by atoms with Crippen molar-refractivity contribution in [1.82, 2.24) is 14.9 Å². The first-order valence-electron chi connectivity index (χ1n) is 9.08. The van der Waals surface area contributed by atoms with Gasteiger partial charge in [0.15, 0.2) is 0 Å². The van der Waals surface area contributed by atoms with Gasteiger partial charge in [-0.05, 0) is 50.6 Å². The summed E-state index contributed by atoms with van der Waals surface area (Å²) in [5.74, 6) is 0.450. The number of ether oxygens (including phenoxy) is 1. The van der Waals surface area contributed by atoms with E-state index in [2.05, 4.69) is 14.9 Å². The Labute approximate surface area is 158 Å². The SMILES string of the molecule is CCOC(=O)CCCNC(=O)c1ccc2c(c1)nc(C)n2-c1ccccc1. The summed E-state index contributed by atoms with van der Waals surface area (Å²) in [6.45, 7) is 4.52. The van der Waals surface area contributed by atoms with Crippen LogP contribution in [0.5, 0.6) is 0 Å².